The van der Waals surface area contributed by atoms with Gasteiger partial charge in [0.05, 0.1) is 36.1 Å². The van der Waals surface area contributed by atoms with Gasteiger partial charge in [0.1, 0.15) is 11.5 Å². The number of aryl methyl sites for hydroxylation is 1. The van der Waals surface area contributed by atoms with Gasteiger partial charge in [-0.3, -0.25) is 34.0 Å². The Bertz CT molecular complexity index is 2280. The van der Waals surface area contributed by atoms with Crippen LogP contribution in [-0.4, -0.2) is 125 Å². The molecule has 4 aromatic rings. The molecule has 1 aromatic carbocycles. The molecule has 1 aliphatic carbocycles. The summed E-state index contributed by atoms with van der Waals surface area (Å²) >= 11 is 0. The molecule has 7 heterocycles. The fraction of sp³-hybridized carbons (Fsp3) is 0.533. The normalized spacial score (nSPS) is 22.7. The Morgan fingerprint density at radius 2 is 1.58 bits per heavy atom. The van der Waals surface area contributed by atoms with Gasteiger partial charge in [0.15, 0.2) is 5.78 Å². The summed E-state index contributed by atoms with van der Waals surface area (Å²) in [6.45, 7) is 12.6. The minimum absolute atomic E-state index is 0.0231. The van der Waals surface area contributed by atoms with Crippen LogP contribution in [0.5, 0.6) is 0 Å². The first-order chi connectivity index (χ1) is 29.2. The number of likely N-dealkylation sites (tertiary alicyclic amines) is 1. The molecule has 60 heavy (non-hydrogen) atoms. The zero-order chi connectivity index (χ0) is 41.3. The van der Waals surface area contributed by atoms with Crippen molar-refractivity contribution in [2.24, 2.45) is 0 Å². The first-order valence-electron chi connectivity index (χ1n) is 21.9. The van der Waals surface area contributed by atoms with Crippen LogP contribution in [0.1, 0.15) is 91.7 Å². The average Bonchev–Trinajstić information content (AvgIpc) is 3.79. The molecule has 15 heteroatoms. The highest BCUT2D eigenvalue weighted by Gasteiger charge is 2.32. The zero-order valence-corrected chi connectivity index (χ0v) is 34.8. The number of fused-ring (bicyclic) bond motifs is 1. The highest BCUT2D eigenvalue weighted by atomic mass is 16.5. The molecule has 9 rings (SSSR count). The van der Waals surface area contributed by atoms with E-state index in [0.29, 0.717) is 48.5 Å². The number of Topliss-reactive ketones (excluding diaryl/α,β-unsaturated/α-hetero) is 1. The molecule has 0 spiro atoms. The number of piperazine rings is 1. The van der Waals surface area contributed by atoms with Crippen molar-refractivity contribution in [1.82, 2.24) is 34.6 Å². The second-order valence-corrected chi connectivity index (χ2v) is 17.2. The van der Waals surface area contributed by atoms with Crippen molar-refractivity contribution in [2.75, 3.05) is 80.6 Å². The number of amides is 2. The van der Waals surface area contributed by atoms with Gasteiger partial charge in [-0.25, -0.2) is 9.97 Å². The lowest BCUT2D eigenvalue weighted by atomic mass is 9.90. The number of piperidine rings is 2. The number of pyridine rings is 2. The molecule has 15 nitrogen and oxygen atoms in total. The molecule has 2 atom stereocenters. The van der Waals surface area contributed by atoms with Gasteiger partial charge in [0.25, 0.3) is 5.56 Å². The highest BCUT2D eigenvalue weighted by Crippen LogP contribution is 2.33. The fourth-order valence-corrected chi connectivity index (χ4v) is 10.2. The summed E-state index contributed by atoms with van der Waals surface area (Å²) in [7, 11) is 0. The third-order valence-electron chi connectivity index (χ3n) is 13.5. The molecule has 1 unspecified atom stereocenters. The highest BCUT2D eigenvalue weighted by molar-refractivity contribution is 6.01. The van der Waals surface area contributed by atoms with E-state index in [1.807, 2.05) is 24.4 Å². The average molecular weight is 817 g/mol. The fourth-order valence-electron chi connectivity index (χ4n) is 10.2. The summed E-state index contributed by atoms with van der Waals surface area (Å²) in [5.41, 5.74) is 4.35. The number of imide groups is 1. The molecule has 316 valence electrons. The smallest absolute Gasteiger partial charge is 0.263 e. The van der Waals surface area contributed by atoms with Crippen molar-refractivity contribution in [1.29, 1.82) is 0 Å². The number of benzene rings is 1. The summed E-state index contributed by atoms with van der Waals surface area (Å²) in [5.74, 6) is 0.119. The van der Waals surface area contributed by atoms with E-state index in [1.54, 1.807) is 17.7 Å². The number of ether oxygens (including phenoxy) is 1. The largest absolute Gasteiger partial charge is 0.373 e. The van der Waals surface area contributed by atoms with Gasteiger partial charge in [0, 0.05) is 81.6 Å². The zero-order valence-electron chi connectivity index (χ0n) is 34.8. The van der Waals surface area contributed by atoms with E-state index in [0.717, 1.165) is 120 Å². The molecule has 2 N–H and O–H groups in total. The quantitative estimate of drug-likeness (QED) is 0.170. The van der Waals surface area contributed by atoms with E-state index in [9.17, 15) is 19.2 Å². The van der Waals surface area contributed by atoms with Gasteiger partial charge in [-0.2, -0.15) is 4.98 Å². The number of carbonyl (C=O) groups is 3. The standard InChI is InChI=1S/C45H56N10O5/c1-29-38-26-47-45(50-42(38)55(34-5-3-4-6-34)44(59)41(29)30(2)56)48-39-13-11-35(25-46-39)53-21-19-52(20-22-53)33-15-17-51(18-16-33)27-36-28-54(23-24-60-36)32-9-7-31(8-10-32)37-12-14-40(57)49-43(37)58/h7-11,13,25-26,33-34,36-37H,3-6,12,14-24,27-28H2,1-2H3,(H,49,57,58)(H,46,47,48,50)/t36-,37?/m1/s1. The number of carbonyl (C=O) groups excluding carboxylic acids is 3. The van der Waals surface area contributed by atoms with Crippen LogP contribution in [0.3, 0.4) is 0 Å². The Morgan fingerprint density at radius 3 is 2.28 bits per heavy atom. The second-order valence-electron chi connectivity index (χ2n) is 17.2. The van der Waals surface area contributed by atoms with E-state index in [-0.39, 0.29) is 46.8 Å². The number of nitrogens with zero attached hydrogens (tertiary/aromatic N) is 8. The van der Waals surface area contributed by atoms with Crippen LogP contribution in [0.25, 0.3) is 11.0 Å². The lowest BCUT2D eigenvalue weighted by Gasteiger charge is -2.44. The predicted molar refractivity (Wildman–Crippen MR) is 230 cm³/mol. The van der Waals surface area contributed by atoms with Crippen molar-refractivity contribution in [3.63, 3.8) is 0 Å². The Hall–Kier alpha value is -5.25. The van der Waals surface area contributed by atoms with Crippen LogP contribution in [0.2, 0.25) is 0 Å². The maximum absolute atomic E-state index is 13.6. The topological polar surface area (TPSA) is 158 Å². The lowest BCUT2D eigenvalue weighted by molar-refractivity contribution is -0.134. The number of ketones is 1. The van der Waals surface area contributed by atoms with E-state index >= 15 is 0 Å². The van der Waals surface area contributed by atoms with Gasteiger partial charge in [-0.05, 0) is 94.4 Å². The molecule has 3 aromatic heterocycles. The molecule has 4 saturated heterocycles. The second kappa shape index (κ2) is 17.4. The SMILES string of the molecule is CC(=O)c1c(C)c2cnc(Nc3ccc(N4CCN(C5CCN(C[C@@H]6CN(c7ccc(C8CCC(=O)NC8=O)cc7)CCO6)CC5)CC4)cn3)nc2n(C2CCCC2)c1=O. The van der Waals surface area contributed by atoms with Crippen LogP contribution in [-0.2, 0) is 14.3 Å². The number of nitrogens with one attached hydrogen (secondary N) is 2. The number of morpholine rings is 1. The molecular formula is C45H56N10O5. The van der Waals surface area contributed by atoms with Crippen LogP contribution >= 0.6 is 0 Å². The lowest BCUT2D eigenvalue weighted by Crippen LogP contribution is -2.54. The minimum Gasteiger partial charge on any atom is -0.373 e. The number of hydrogen-bond donors (Lipinski definition) is 2. The van der Waals surface area contributed by atoms with E-state index < -0.39 is 0 Å². The van der Waals surface area contributed by atoms with Gasteiger partial charge in [0.2, 0.25) is 17.8 Å². The Kier molecular flexibility index (Phi) is 11.6. The molecule has 1 saturated carbocycles. The monoisotopic (exact) mass is 816 g/mol. The molecule has 4 aliphatic heterocycles. The van der Waals surface area contributed by atoms with Crippen LogP contribution < -0.4 is 26.0 Å². The molecule has 2 amide bonds. The maximum atomic E-state index is 13.6. The van der Waals surface area contributed by atoms with Gasteiger partial charge in [-0.15, -0.1) is 0 Å². The van der Waals surface area contributed by atoms with Gasteiger partial charge < -0.3 is 24.8 Å². The Labute approximate surface area is 350 Å². The van der Waals surface area contributed by atoms with Crippen molar-refractivity contribution < 1.29 is 19.1 Å². The summed E-state index contributed by atoms with van der Waals surface area (Å²) in [6.07, 6.45) is 10.9. The van der Waals surface area contributed by atoms with Crippen molar-refractivity contribution in [2.45, 2.75) is 89.3 Å². The first kappa shape index (κ1) is 40.2. The Morgan fingerprint density at radius 1 is 0.833 bits per heavy atom. The molecule has 5 fully saturated rings. The van der Waals surface area contributed by atoms with E-state index in [4.69, 9.17) is 14.7 Å². The summed E-state index contributed by atoms with van der Waals surface area (Å²) in [4.78, 5) is 74.1. The molecular weight excluding hydrogens is 761 g/mol. The molecule has 0 bridgehead atoms. The van der Waals surface area contributed by atoms with Crippen molar-refractivity contribution in [3.05, 3.63) is 75.8 Å². The molecule has 0 radical (unpaired) electrons. The third kappa shape index (κ3) is 8.39. The Balaban J connectivity index is 0.744. The van der Waals surface area contributed by atoms with E-state index in [1.165, 1.54) is 6.92 Å². The van der Waals surface area contributed by atoms with Crippen LogP contribution in [0, 0.1) is 6.92 Å². The third-order valence-corrected chi connectivity index (χ3v) is 13.5. The van der Waals surface area contributed by atoms with Crippen LogP contribution in [0.4, 0.5) is 23.1 Å². The molecule has 5 aliphatic rings. The van der Waals surface area contributed by atoms with Crippen molar-refractivity contribution in [3.8, 4) is 0 Å². The number of hydrogen-bond acceptors (Lipinski definition) is 13. The number of anilines is 4. The predicted octanol–water partition coefficient (Wildman–Crippen LogP) is 4.57. The van der Waals surface area contributed by atoms with E-state index in [2.05, 4.69) is 53.4 Å². The maximum Gasteiger partial charge on any atom is 0.263 e. The first-order valence-corrected chi connectivity index (χ1v) is 21.9. The summed E-state index contributed by atoms with van der Waals surface area (Å²) in [5, 5.41) is 6.44. The number of rotatable bonds is 10. The van der Waals surface area contributed by atoms with Gasteiger partial charge >= 0.3 is 0 Å². The van der Waals surface area contributed by atoms with Crippen molar-refractivity contribution >= 4 is 51.8 Å². The van der Waals surface area contributed by atoms with Gasteiger partial charge in [-0.1, -0.05) is 25.0 Å². The summed E-state index contributed by atoms with van der Waals surface area (Å²) < 4.78 is 7.98. The minimum atomic E-state index is -0.263. The number of aromatic nitrogens is 4. The van der Waals surface area contributed by atoms with Crippen LogP contribution in [0.15, 0.2) is 53.6 Å². The summed E-state index contributed by atoms with van der Waals surface area (Å²) in [6, 6.07) is 12.9.